The van der Waals surface area contributed by atoms with E-state index in [-0.39, 0.29) is 12.5 Å². The van der Waals surface area contributed by atoms with Crippen LogP contribution >= 0.6 is 0 Å². The number of hydrogen-bond acceptors (Lipinski definition) is 3. The molecule has 0 aliphatic carbocycles. The maximum Gasteiger partial charge on any atom is 0.243 e. The number of amides is 1. The van der Waals surface area contributed by atoms with E-state index in [0.717, 1.165) is 0 Å². The topological polar surface area (TPSA) is 64.3 Å². The molecule has 0 saturated carbocycles. The molecule has 0 spiro atoms. The normalized spacial score (nSPS) is 15.3. The maximum atomic E-state index is 12.0. The Hall–Kier alpha value is -1.08. The Morgan fingerprint density at radius 3 is 2.20 bits per heavy atom. The standard InChI is InChI=1S/C11H20N2O2/c1-6-11(4,7-12)9(15)13(5)10(2,3)8-14/h14H,6,8H2,1-5H3. The SMILES string of the molecule is CCC(C)(C#N)C(=O)N(C)C(C)(C)CO. The number of nitrogens with zero attached hydrogens (tertiary/aromatic N) is 2. The molecule has 4 nitrogen and oxygen atoms in total. The van der Waals surface area contributed by atoms with Gasteiger partial charge in [0.2, 0.25) is 5.91 Å². The van der Waals surface area contributed by atoms with Crippen molar-refractivity contribution in [2.24, 2.45) is 5.41 Å². The summed E-state index contributed by atoms with van der Waals surface area (Å²) in [4.78, 5) is 13.5. The van der Waals surface area contributed by atoms with Gasteiger partial charge in [0.25, 0.3) is 0 Å². The van der Waals surface area contributed by atoms with Gasteiger partial charge in [-0.2, -0.15) is 5.26 Å². The number of hydrogen-bond donors (Lipinski definition) is 1. The number of carbonyl (C=O) groups excluding carboxylic acids is 1. The number of aliphatic hydroxyl groups is 1. The molecule has 1 amide bonds. The first kappa shape index (κ1) is 13.9. The van der Waals surface area contributed by atoms with Gasteiger partial charge in [0.15, 0.2) is 0 Å². The van der Waals surface area contributed by atoms with E-state index in [1.54, 1.807) is 34.7 Å². The molecule has 4 heteroatoms. The fourth-order valence-corrected chi connectivity index (χ4v) is 1.03. The van der Waals surface area contributed by atoms with Crippen molar-refractivity contribution in [1.29, 1.82) is 5.26 Å². The number of nitriles is 1. The summed E-state index contributed by atoms with van der Waals surface area (Å²) in [5, 5.41) is 18.1. The Labute approximate surface area is 91.5 Å². The second-order valence-electron chi connectivity index (χ2n) is 4.63. The zero-order valence-corrected chi connectivity index (χ0v) is 10.2. The lowest BCUT2D eigenvalue weighted by atomic mass is 9.86. The van der Waals surface area contributed by atoms with Crippen molar-refractivity contribution in [3.05, 3.63) is 0 Å². The van der Waals surface area contributed by atoms with Crippen LogP contribution in [-0.4, -0.2) is 35.1 Å². The average molecular weight is 212 g/mol. The monoisotopic (exact) mass is 212 g/mol. The van der Waals surface area contributed by atoms with Crippen molar-refractivity contribution >= 4 is 5.91 Å². The summed E-state index contributed by atoms with van der Waals surface area (Å²) >= 11 is 0. The molecule has 0 bridgehead atoms. The van der Waals surface area contributed by atoms with E-state index >= 15 is 0 Å². The molecule has 0 aromatic heterocycles. The lowest BCUT2D eigenvalue weighted by Gasteiger charge is -2.37. The van der Waals surface area contributed by atoms with Gasteiger partial charge in [-0.25, -0.2) is 0 Å². The average Bonchev–Trinajstić information content (AvgIpc) is 2.25. The lowest BCUT2D eigenvalue weighted by Crippen LogP contribution is -2.52. The summed E-state index contributed by atoms with van der Waals surface area (Å²) in [5.74, 6) is -0.244. The Kier molecular flexibility index (Phi) is 4.29. The first-order valence-corrected chi connectivity index (χ1v) is 5.05. The van der Waals surface area contributed by atoms with Crippen LogP contribution in [0.15, 0.2) is 0 Å². The van der Waals surface area contributed by atoms with Gasteiger partial charge in [-0.05, 0) is 27.2 Å². The minimum atomic E-state index is -0.999. The number of rotatable bonds is 4. The van der Waals surface area contributed by atoms with E-state index in [1.165, 1.54) is 4.90 Å². The van der Waals surface area contributed by atoms with Crippen LogP contribution in [0.25, 0.3) is 0 Å². The molecule has 0 aliphatic rings. The Morgan fingerprint density at radius 2 is 1.93 bits per heavy atom. The molecular weight excluding hydrogens is 192 g/mol. The molecule has 0 aromatic carbocycles. The van der Waals surface area contributed by atoms with Gasteiger partial charge in [0.1, 0.15) is 5.41 Å². The summed E-state index contributed by atoms with van der Waals surface area (Å²) in [7, 11) is 1.61. The minimum Gasteiger partial charge on any atom is -0.394 e. The molecule has 1 unspecified atom stereocenters. The van der Waals surface area contributed by atoms with E-state index in [4.69, 9.17) is 10.4 Å². The summed E-state index contributed by atoms with van der Waals surface area (Å²) in [6.07, 6.45) is 0.466. The van der Waals surface area contributed by atoms with Crippen molar-refractivity contribution in [1.82, 2.24) is 4.90 Å². The molecule has 0 heterocycles. The van der Waals surface area contributed by atoms with Crippen LogP contribution in [0.4, 0.5) is 0 Å². The van der Waals surface area contributed by atoms with Gasteiger partial charge in [0, 0.05) is 7.05 Å². The largest absolute Gasteiger partial charge is 0.394 e. The molecule has 1 atom stereocenters. The second kappa shape index (κ2) is 4.63. The summed E-state index contributed by atoms with van der Waals surface area (Å²) in [5.41, 5.74) is -1.63. The van der Waals surface area contributed by atoms with Gasteiger partial charge in [-0.15, -0.1) is 0 Å². The highest BCUT2D eigenvalue weighted by molar-refractivity contribution is 5.85. The van der Waals surface area contributed by atoms with Gasteiger partial charge >= 0.3 is 0 Å². The van der Waals surface area contributed by atoms with Crippen LogP contribution in [-0.2, 0) is 4.79 Å². The van der Waals surface area contributed by atoms with Crippen molar-refractivity contribution in [2.45, 2.75) is 39.7 Å². The summed E-state index contributed by atoms with van der Waals surface area (Å²) in [6.45, 7) is 6.83. The van der Waals surface area contributed by atoms with Gasteiger partial charge < -0.3 is 10.0 Å². The van der Waals surface area contributed by atoms with Crippen molar-refractivity contribution in [2.75, 3.05) is 13.7 Å². The molecule has 86 valence electrons. The molecule has 0 fully saturated rings. The molecular formula is C11H20N2O2. The predicted octanol–water partition coefficient (Wildman–Crippen LogP) is 1.16. The quantitative estimate of drug-likeness (QED) is 0.760. The van der Waals surface area contributed by atoms with Gasteiger partial charge in [-0.3, -0.25) is 4.79 Å². The van der Waals surface area contributed by atoms with Crippen molar-refractivity contribution in [3.63, 3.8) is 0 Å². The second-order valence-corrected chi connectivity index (χ2v) is 4.63. The molecule has 0 aliphatic heterocycles. The van der Waals surface area contributed by atoms with Crippen LogP contribution in [0.2, 0.25) is 0 Å². The molecule has 15 heavy (non-hydrogen) atoms. The van der Waals surface area contributed by atoms with Crippen molar-refractivity contribution < 1.29 is 9.90 Å². The molecule has 1 N–H and O–H groups in total. The van der Waals surface area contributed by atoms with Crippen LogP contribution in [0.1, 0.15) is 34.1 Å². The van der Waals surface area contributed by atoms with E-state index in [9.17, 15) is 4.79 Å². The molecule has 0 saturated heterocycles. The minimum absolute atomic E-state index is 0.125. The Bertz CT molecular complexity index is 281. The van der Waals surface area contributed by atoms with E-state index < -0.39 is 11.0 Å². The lowest BCUT2D eigenvalue weighted by molar-refractivity contribution is -0.143. The highest BCUT2D eigenvalue weighted by Gasteiger charge is 2.38. The number of likely N-dealkylation sites (N-methyl/N-ethyl adjacent to an activating group) is 1. The first-order valence-electron chi connectivity index (χ1n) is 5.05. The third-order valence-electron chi connectivity index (χ3n) is 3.03. The third-order valence-corrected chi connectivity index (χ3v) is 3.03. The van der Waals surface area contributed by atoms with Crippen LogP contribution < -0.4 is 0 Å². The smallest absolute Gasteiger partial charge is 0.243 e. The Balaban J connectivity index is 4.96. The highest BCUT2D eigenvalue weighted by atomic mass is 16.3. The third kappa shape index (κ3) is 2.69. The van der Waals surface area contributed by atoms with Gasteiger partial charge in [0.05, 0.1) is 18.2 Å². The van der Waals surface area contributed by atoms with Crippen molar-refractivity contribution in [3.8, 4) is 6.07 Å². The molecule has 0 aromatic rings. The molecule has 0 rings (SSSR count). The van der Waals surface area contributed by atoms with E-state index in [0.29, 0.717) is 6.42 Å². The maximum absolute atomic E-state index is 12.0. The highest BCUT2D eigenvalue weighted by Crippen LogP contribution is 2.26. The summed E-state index contributed by atoms with van der Waals surface area (Å²) < 4.78 is 0. The van der Waals surface area contributed by atoms with E-state index in [2.05, 4.69) is 0 Å². The fraction of sp³-hybridized carbons (Fsp3) is 0.818. The van der Waals surface area contributed by atoms with Crippen LogP contribution in [0.5, 0.6) is 0 Å². The predicted molar refractivity (Wildman–Crippen MR) is 57.9 cm³/mol. The zero-order valence-electron chi connectivity index (χ0n) is 10.2. The van der Waals surface area contributed by atoms with E-state index in [1.807, 2.05) is 6.07 Å². The summed E-state index contributed by atoms with van der Waals surface area (Å²) in [6, 6.07) is 2.03. The fourth-order valence-electron chi connectivity index (χ4n) is 1.03. The molecule has 0 radical (unpaired) electrons. The van der Waals surface area contributed by atoms with Crippen LogP contribution in [0.3, 0.4) is 0 Å². The first-order chi connectivity index (χ1) is 6.75. The zero-order chi connectivity index (χ0) is 12.3. The number of aliphatic hydroxyl groups excluding tert-OH is 1. The Morgan fingerprint density at radius 1 is 1.47 bits per heavy atom. The van der Waals surface area contributed by atoms with Gasteiger partial charge in [-0.1, -0.05) is 6.92 Å². The number of carbonyl (C=O) groups is 1. The van der Waals surface area contributed by atoms with Crippen LogP contribution in [0, 0.1) is 16.7 Å².